The minimum Gasteiger partial charge on any atom is -0.383 e. The van der Waals surface area contributed by atoms with E-state index in [9.17, 15) is 18.5 Å². The Morgan fingerprint density at radius 2 is 1.83 bits per heavy atom. The summed E-state index contributed by atoms with van der Waals surface area (Å²) in [6, 6.07) is 8.45. The number of ether oxygens (including phenoxy) is 2. The van der Waals surface area contributed by atoms with Gasteiger partial charge in [0.1, 0.15) is 11.1 Å². The van der Waals surface area contributed by atoms with Crippen LogP contribution in [0.2, 0.25) is 0 Å². The number of hydrogen-bond donors (Lipinski definition) is 1. The number of hydrogen-bond acceptors (Lipinski definition) is 8. The van der Waals surface area contributed by atoms with Crippen LogP contribution >= 0.6 is 11.3 Å². The van der Waals surface area contributed by atoms with Crippen molar-refractivity contribution in [1.29, 1.82) is 5.26 Å². The molecule has 2 heterocycles. The zero-order chi connectivity index (χ0) is 25.6. The van der Waals surface area contributed by atoms with Crippen LogP contribution in [0.5, 0.6) is 0 Å². The van der Waals surface area contributed by atoms with Gasteiger partial charge in [-0.3, -0.25) is 9.69 Å². The van der Waals surface area contributed by atoms with E-state index in [0.29, 0.717) is 22.2 Å². The van der Waals surface area contributed by atoms with Crippen LogP contribution in [0.25, 0.3) is 0 Å². The number of nitriles is 1. The Kier molecular flexibility index (Phi) is 9.40. The number of carbonyl (C=O) groups excluding carboxylic acids is 1. The summed E-state index contributed by atoms with van der Waals surface area (Å²) in [5.41, 5.74) is 1.84. The van der Waals surface area contributed by atoms with E-state index in [1.165, 1.54) is 54.1 Å². The molecule has 0 radical (unpaired) electrons. The van der Waals surface area contributed by atoms with Crippen LogP contribution in [0, 0.1) is 11.3 Å². The number of methoxy groups -OCH3 is 2. The van der Waals surface area contributed by atoms with E-state index >= 15 is 0 Å². The standard InChI is InChI=1S/C24H32N4O5S2/c1-17(2)27-10-9-20-21(15-25)24(34-22(20)16-27)26-23(29)18-5-7-19(8-6-18)35(30,31)28(11-13-32-3)12-14-33-4/h5-8,17H,9-14,16H2,1-4H3,(H,26,29). The average molecular weight is 521 g/mol. The maximum absolute atomic E-state index is 13.1. The van der Waals surface area contributed by atoms with Crippen molar-refractivity contribution in [3.8, 4) is 6.07 Å². The van der Waals surface area contributed by atoms with Gasteiger partial charge in [-0.25, -0.2) is 8.42 Å². The highest BCUT2D eigenvalue weighted by Gasteiger charge is 2.27. The average Bonchev–Trinajstić information content (AvgIpc) is 3.19. The number of sulfonamides is 1. The predicted molar refractivity (Wildman–Crippen MR) is 135 cm³/mol. The van der Waals surface area contributed by atoms with Gasteiger partial charge in [0.2, 0.25) is 10.0 Å². The fraction of sp³-hybridized carbons (Fsp3) is 0.500. The van der Waals surface area contributed by atoms with Crippen molar-refractivity contribution in [2.45, 2.75) is 37.8 Å². The third-order valence-electron chi connectivity index (χ3n) is 6.00. The molecule has 35 heavy (non-hydrogen) atoms. The molecule has 2 aromatic rings. The third kappa shape index (κ3) is 6.27. The number of nitrogens with zero attached hydrogens (tertiary/aromatic N) is 3. The van der Waals surface area contributed by atoms with E-state index < -0.39 is 10.0 Å². The lowest BCUT2D eigenvalue weighted by Gasteiger charge is -2.30. The van der Waals surface area contributed by atoms with E-state index in [1.807, 2.05) is 0 Å². The molecule has 1 N–H and O–H groups in total. The SMILES string of the molecule is COCCN(CCOC)S(=O)(=O)c1ccc(C(=O)Nc2sc3c(c2C#N)CCN(C(C)C)C3)cc1. The fourth-order valence-corrected chi connectivity index (χ4v) is 6.54. The molecule has 1 aliphatic heterocycles. The van der Waals surface area contributed by atoms with Gasteiger partial charge in [-0.1, -0.05) is 0 Å². The van der Waals surface area contributed by atoms with Crippen LogP contribution in [0.4, 0.5) is 5.00 Å². The predicted octanol–water partition coefficient (Wildman–Crippen LogP) is 2.92. The molecule has 0 bridgehead atoms. The lowest BCUT2D eigenvalue weighted by molar-refractivity contribution is 0.102. The zero-order valence-corrected chi connectivity index (χ0v) is 22.2. The molecule has 3 rings (SSSR count). The first-order valence-corrected chi connectivity index (χ1v) is 13.7. The van der Waals surface area contributed by atoms with Crippen LogP contribution in [0.15, 0.2) is 29.2 Å². The van der Waals surface area contributed by atoms with E-state index in [0.717, 1.165) is 30.0 Å². The summed E-state index contributed by atoms with van der Waals surface area (Å²) in [6.07, 6.45) is 0.776. The van der Waals surface area contributed by atoms with Crippen molar-refractivity contribution in [2.24, 2.45) is 0 Å². The van der Waals surface area contributed by atoms with Gasteiger partial charge in [-0.2, -0.15) is 9.57 Å². The van der Waals surface area contributed by atoms with E-state index in [2.05, 4.69) is 30.1 Å². The van der Waals surface area contributed by atoms with Gasteiger partial charge in [0.25, 0.3) is 5.91 Å². The minimum atomic E-state index is -3.78. The number of thiophene rings is 1. The molecule has 0 unspecified atom stereocenters. The minimum absolute atomic E-state index is 0.0827. The van der Waals surface area contributed by atoms with Gasteiger partial charge in [0, 0.05) is 56.9 Å². The van der Waals surface area contributed by atoms with Crippen LogP contribution in [-0.4, -0.2) is 76.6 Å². The molecule has 1 aromatic carbocycles. The van der Waals surface area contributed by atoms with Crippen molar-refractivity contribution in [1.82, 2.24) is 9.21 Å². The van der Waals surface area contributed by atoms with Crippen molar-refractivity contribution in [3.63, 3.8) is 0 Å². The first-order chi connectivity index (χ1) is 16.7. The second-order valence-electron chi connectivity index (χ2n) is 8.50. The molecule has 1 aliphatic rings. The van der Waals surface area contributed by atoms with Crippen molar-refractivity contribution in [3.05, 3.63) is 45.8 Å². The first kappa shape index (κ1) is 27.3. The van der Waals surface area contributed by atoms with Crippen LogP contribution in [-0.2, 0) is 32.5 Å². The molecule has 1 aromatic heterocycles. The summed E-state index contributed by atoms with van der Waals surface area (Å²) in [7, 11) is -0.755. The van der Waals surface area contributed by atoms with Crippen LogP contribution in [0.1, 0.15) is 40.2 Å². The Morgan fingerprint density at radius 3 is 2.37 bits per heavy atom. The molecule has 0 saturated heterocycles. The lowest BCUT2D eigenvalue weighted by atomic mass is 10.0. The molecular weight excluding hydrogens is 488 g/mol. The van der Waals surface area contributed by atoms with Crippen molar-refractivity contribution < 1.29 is 22.7 Å². The number of fused-ring (bicyclic) bond motifs is 1. The highest BCUT2D eigenvalue weighted by atomic mass is 32.2. The Bertz CT molecular complexity index is 1160. The highest BCUT2D eigenvalue weighted by molar-refractivity contribution is 7.89. The van der Waals surface area contributed by atoms with E-state index in [-0.39, 0.29) is 37.1 Å². The normalized spacial score (nSPS) is 14.2. The number of benzene rings is 1. The summed E-state index contributed by atoms with van der Waals surface area (Å²) in [6.45, 7) is 6.82. The quantitative estimate of drug-likeness (QED) is 0.485. The summed E-state index contributed by atoms with van der Waals surface area (Å²) >= 11 is 1.43. The second kappa shape index (κ2) is 12.1. The van der Waals surface area contributed by atoms with E-state index in [4.69, 9.17) is 9.47 Å². The molecule has 9 nitrogen and oxygen atoms in total. The van der Waals surface area contributed by atoms with Gasteiger partial charge in [-0.15, -0.1) is 11.3 Å². The molecule has 190 valence electrons. The summed E-state index contributed by atoms with van der Waals surface area (Å²) < 4.78 is 37.5. The number of rotatable bonds is 11. The molecular formula is C24H32N4O5S2. The molecule has 0 fully saturated rings. The van der Waals surface area contributed by atoms with E-state index in [1.54, 1.807) is 0 Å². The largest absolute Gasteiger partial charge is 0.383 e. The Hall–Kier alpha value is -2.33. The molecule has 0 atom stereocenters. The van der Waals surface area contributed by atoms with Crippen LogP contribution in [0.3, 0.4) is 0 Å². The summed E-state index contributed by atoms with van der Waals surface area (Å²) in [5, 5.41) is 13.1. The lowest BCUT2D eigenvalue weighted by Crippen LogP contribution is -2.36. The highest BCUT2D eigenvalue weighted by Crippen LogP contribution is 2.37. The Labute approximate surface area is 211 Å². The van der Waals surface area contributed by atoms with Crippen molar-refractivity contribution >= 4 is 32.3 Å². The van der Waals surface area contributed by atoms with Gasteiger partial charge >= 0.3 is 0 Å². The number of anilines is 1. The van der Waals surface area contributed by atoms with Gasteiger partial charge in [-0.05, 0) is 50.1 Å². The molecule has 0 saturated carbocycles. The van der Waals surface area contributed by atoms with Crippen molar-refractivity contribution in [2.75, 3.05) is 52.4 Å². The van der Waals surface area contributed by atoms with Gasteiger partial charge in [0.15, 0.2) is 0 Å². The Balaban J connectivity index is 1.77. The number of amides is 1. The number of carbonyl (C=O) groups is 1. The van der Waals surface area contributed by atoms with Crippen LogP contribution < -0.4 is 5.32 Å². The zero-order valence-electron chi connectivity index (χ0n) is 20.5. The number of nitrogens with one attached hydrogen (secondary N) is 1. The molecule has 1 amide bonds. The fourth-order valence-electron chi connectivity index (χ4n) is 3.91. The smallest absolute Gasteiger partial charge is 0.256 e. The van der Waals surface area contributed by atoms with Gasteiger partial charge < -0.3 is 14.8 Å². The molecule has 11 heteroatoms. The molecule has 0 spiro atoms. The monoisotopic (exact) mass is 520 g/mol. The second-order valence-corrected chi connectivity index (χ2v) is 11.5. The summed E-state index contributed by atoms with van der Waals surface area (Å²) in [4.78, 5) is 16.5. The third-order valence-corrected chi connectivity index (χ3v) is 9.04. The maximum Gasteiger partial charge on any atom is 0.256 e. The first-order valence-electron chi connectivity index (χ1n) is 11.4. The topological polar surface area (TPSA) is 112 Å². The Morgan fingerprint density at radius 1 is 1.20 bits per heavy atom. The maximum atomic E-state index is 13.1. The summed E-state index contributed by atoms with van der Waals surface area (Å²) in [5.74, 6) is -0.389. The van der Waals surface area contributed by atoms with Gasteiger partial charge in [0.05, 0.1) is 23.7 Å². The molecule has 0 aliphatic carbocycles.